The van der Waals surface area contributed by atoms with Gasteiger partial charge in [0.15, 0.2) is 5.82 Å². The summed E-state index contributed by atoms with van der Waals surface area (Å²) < 4.78 is 0. The van der Waals surface area contributed by atoms with Crippen LogP contribution in [0.1, 0.15) is 41.8 Å². The highest BCUT2D eigenvalue weighted by Crippen LogP contribution is 2.33. The number of nitrogens with zero attached hydrogens (tertiary/aromatic N) is 8. The molecule has 1 aliphatic carbocycles. The molecule has 0 bridgehead atoms. The van der Waals surface area contributed by atoms with Gasteiger partial charge in [0.25, 0.3) is 0 Å². The minimum absolute atomic E-state index is 0.620. The molecule has 1 aliphatic rings. The molecule has 8 aromatic heterocycles. The first-order valence-electron chi connectivity index (χ1n) is 18.3. The van der Waals surface area contributed by atoms with E-state index in [1.54, 1.807) is 6.20 Å². The predicted molar refractivity (Wildman–Crippen MR) is 220 cm³/mol. The van der Waals surface area contributed by atoms with Crippen molar-refractivity contribution in [2.45, 2.75) is 33.1 Å². The average Bonchev–Trinajstić information content (AvgIpc) is 4.01. The van der Waals surface area contributed by atoms with Crippen LogP contribution in [0.2, 0.25) is 0 Å². The molecule has 9 rings (SSSR count). The van der Waals surface area contributed by atoms with E-state index in [9.17, 15) is 0 Å². The molecule has 10 heteroatoms. The highest BCUT2D eigenvalue weighted by molar-refractivity contribution is 5.95. The summed E-state index contributed by atoms with van der Waals surface area (Å²) in [5.41, 5.74) is 13.4. The van der Waals surface area contributed by atoms with Crippen molar-refractivity contribution in [2.75, 3.05) is 20.6 Å². The van der Waals surface area contributed by atoms with Crippen molar-refractivity contribution in [1.82, 2.24) is 49.8 Å². The Morgan fingerprint density at radius 1 is 0.673 bits per heavy atom. The summed E-state index contributed by atoms with van der Waals surface area (Å²) in [5, 5.41) is 2.04. The van der Waals surface area contributed by atoms with Crippen molar-refractivity contribution in [1.29, 1.82) is 0 Å². The summed E-state index contributed by atoms with van der Waals surface area (Å²) in [6.07, 6.45) is 17.1. The van der Waals surface area contributed by atoms with Crippen LogP contribution in [0.5, 0.6) is 0 Å². The number of aromatic nitrogens is 9. The second kappa shape index (κ2) is 15.6. The largest absolute Gasteiger partial charge is 0.346 e. The van der Waals surface area contributed by atoms with E-state index in [-0.39, 0.29) is 0 Å². The molecule has 0 fully saturated rings. The lowest BCUT2D eigenvalue weighted by molar-refractivity contribution is 0.464. The predicted octanol–water partition coefficient (Wildman–Crippen LogP) is 8.87. The summed E-state index contributed by atoms with van der Waals surface area (Å²) in [6, 6.07) is 22.2. The smallest absolute Gasteiger partial charge is 0.180 e. The highest BCUT2D eigenvalue weighted by Gasteiger charge is 2.16. The Hall–Kier alpha value is -6.83. The summed E-state index contributed by atoms with van der Waals surface area (Å²) in [6.45, 7) is 4.67. The molecule has 2 N–H and O–H groups in total. The van der Waals surface area contributed by atoms with Crippen LogP contribution < -0.4 is 0 Å². The van der Waals surface area contributed by atoms with E-state index in [1.165, 1.54) is 17.6 Å². The second-order valence-electron chi connectivity index (χ2n) is 13.8. The van der Waals surface area contributed by atoms with E-state index in [2.05, 4.69) is 71.0 Å². The normalized spacial score (nSPS) is 12.3. The molecule has 0 unspecified atom stereocenters. The molecule has 0 saturated heterocycles. The standard InChI is InChI=1S/C23H21N5.C22H19N5/c1-16-6-4-8-21(26-16)22-13-20(19-9-10-25-23(19)27-22)18-12-17(14-24-15-18)7-5-11-28(2)3;1-14-5-4-8-19(25-14)22-26-20(18-9-10-24-21(18)27-22)17-11-16(12-23-13-17)15-6-2-3-7-15/h4,6,8-10,12-15H,11H2,1-3H3,(H,25,27);4-6,8-13H,2-3,7H2,1H3,(H,24,26,27). The van der Waals surface area contributed by atoms with Crippen molar-refractivity contribution in [3.05, 3.63) is 133 Å². The molecule has 0 aliphatic heterocycles. The van der Waals surface area contributed by atoms with E-state index in [0.717, 1.165) is 91.3 Å². The third-order valence-electron chi connectivity index (χ3n) is 9.31. The van der Waals surface area contributed by atoms with E-state index in [1.807, 2.05) is 112 Å². The Kier molecular flexibility index (Phi) is 10.0. The number of fused-ring (bicyclic) bond motifs is 2. The van der Waals surface area contributed by atoms with Gasteiger partial charge in [-0.3, -0.25) is 19.9 Å². The monoisotopic (exact) mass is 720 g/mol. The molecule has 0 aromatic carbocycles. The minimum atomic E-state index is 0.620. The zero-order valence-corrected chi connectivity index (χ0v) is 31.3. The second-order valence-corrected chi connectivity index (χ2v) is 13.8. The lowest BCUT2D eigenvalue weighted by atomic mass is 10.0. The fraction of sp³-hybridized carbons (Fsp3) is 0.178. The van der Waals surface area contributed by atoms with E-state index in [4.69, 9.17) is 9.97 Å². The van der Waals surface area contributed by atoms with Crippen LogP contribution in [-0.2, 0) is 0 Å². The van der Waals surface area contributed by atoms with Gasteiger partial charge in [0.05, 0.1) is 23.6 Å². The lowest BCUT2D eigenvalue weighted by Gasteiger charge is -2.09. The number of nitrogens with one attached hydrogen (secondary N) is 2. The SMILES string of the molecule is Cc1cccc(-c2cc(-c3cncc(C#CCN(C)C)c3)c3cc[nH]c3n2)n1.Cc1cccc(-c2nc(-c3cncc(C4=CCCC4)c3)c3cc[nH]c3n2)n1. The van der Waals surface area contributed by atoms with Gasteiger partial charge in [-0.25, -0.2) is 19.9 Å². The Morgan fingerprint density at radius 2 is 1.38 bits per heavy atom. The van der Waals surface area contributed by atoms with Crippen LogP contribution in [-0.4, -0.2) is 70.4 Å². The average molecular weight is 721 g/mol. The summed E-state index contributed by atoms with van der Waals surface area (Å²) in [5.74, 6) is 6.97. The first-order valence-corrected chi connectivity index (χ1v) is 18.3. The van der Waals surface area contributed by atoms with Crippen molar-refractivity contribution >= 4 is 27.6 Å². The zero-order valence-electron chi connectivity index (χ0n) is 31.3. The molecule has 55 heavy (non-hydrogen) atoms. The van der Waals surface area contributed by atoms with Gasteiger partial charge >= 0.3 is 0 Å². The van der Waals surface area contributed by atoms with E-state index in [0.29, 0.717) is 12.4 Å². The summed E-state index contributed by atoms with van der Waals surface area (Å²) >= 11 is 0. The molecule has 270 valence electrons. The van der Waals surface area contributed by atoms with Gasteiger partial charge < -0.3 is 9.97 Å². The van der Waals surface area contributed by atoms with E-state index >= 15 is 0 Å². The molecule has 0 amide bonds. The number of aryl methyl sites for hydroxylation is 2. The lowest BCUT2D eigenvalue weighted by Crippen LogP contribution is -2.10. The van der Waals surface area contributed by atoms with Crippen LogP contribution in [0.4, 0.5) is 0 Å². The van der Waals surface area contributed by atoms with Crippen molar-refractivity contribution in [2.24, 2.45) is 0 Å². The number of H-pyrrole nitrogens is 2. The minimum Gasteiger partial charge on any atom is -0.346 e. The highest BCUT2D eigenvalue weighted by atomic mass is 15.0. The van der Waals surface area contributed by atoms with Crippen molar-refractivity contribution in [3.63, 3.8) is 0 Å². The Bertz CT molecular complexity index is 2740. The number of hydrogen-bond donors (Lipinski definition) is 2. The van der Waals surface area contributed by atoms with Gasteiger partial charge in [-0.15, -0.1) is 0 Å². The number of hydrogen-bond acceptors (Lipinski definition) is 8. The van der Waals surface area contributed by atoms with Gasteiger partial charge in [0.1, 0.15) is 17.0 Å². The Morgan fingerprint density at radius 3 is 2.15 bits per heavy atom. The molecule has 10 nitrogen and oxygen atoms in total. The van der Waals surface area contributed by atoms with Crippen molar-refractivity contribution in [3.8, 4) is 57.1 Å². The van der Waals surface area contributed by atoms with Gasteiger partial charge in [-0.1, -0.05) is 30.0 Å². The molecule has 0 radical (unpaired) electrons. The van der Waals surface area contributed by atoms with Crippen molar-refractivity contribution < 1.29 is 0 Å². The number of aromatic amines is 2. The Labute approximate surface area is 319 Å². The van der Waals surface area contributed by atoms with Gasteiger partial charge in [0, 0.05) is 76.0 Å². The Balaban J connectivity index is 0.000000155. The molecule has 0 saturated carbocycles. The quantitative estimate of drug-likeness (QED) is 0.163. The molecular weight excluding hydrogens is 681 g/mol. The maximum atomic E-state index is 4.87. The third kappa shape index (κ3) is 7.93. The van der Waals surface area contributed by atoms with Crippen LogP contribution in [0.25, 0.3) is 72.9 Å². The molecule has 0 atom stereocenters. The fourth-order valence-electron chi connectivity index (χ4n) is 6.67. The fourth-order valence-corrected chi connectivity index (χ4v) is 6.67. The first kappa shape index (κ1) is 35.2. The van der Waals surface area contributed by atoms with Gasteiger partial charge in [-0.2, -0.15) is 0 Å². The molecule has 8 aromatic rings. The molecule has 0 spiro atoms. The maximum Gasteiger partial charge on any atom is 0.180 e. The summed E-state index contributed by atoms with van der Waals surface area (Å²) in [7, 11) is 4.01. The summed E-state index contributed by atoms with van der Waals surface area (Å²) in [4.78, 5) is 40.9. The molecular formula is C45H40N10. The van der Waals surface area contributed by atoms with Gasteiger partial charge in [-0.05, 0) is 119 Å². The number of rotatable bonds is 6. The third-order valence-corrected chi connectivity index (χ3v) is 9.31. The molecule has 8 heterocycles. The van der Waals surface area contributed by atoms with Crippen LogP contribution in [0, 0.1) is 25.7 Å². The van der Waals surface area contributed by atoms with Crippen LogP contribution in [0.15, 0.2) is 110 Å². The number of allylic oxidation sites excluding steroid dienone is 2. The maximum absolute atomic E-state index is 4.87. The van der Waals surface area contributed by atoms with Crippen LogP contribution >= 0.6 is 0 Å². The number of pyridine rings is 5. The van der Waals surface area contributed by atoms with E-state index < -0.39 is 0 Å². The zero-order chi connectivity index (χ0) is 37.7. The van der Waals surface area contributed by atoms with Crippen LogP contribution in [0.3, 0.4) is 0 Å². The van der Waals surface area contributed by atoms with Gasteiger partial charge in [0.2, 0.25) is 0 Å². The topological polar surface area (TPSA) is 125 Å². The first-order chi connectivity index (χ1) is 26.9.